The zero-order valence-electron chi connectivity index (χ0n) is 10.3. The minimum absolute atomic E-state index is 0.303. The second-order valence-electron chi connectivity index (χ2n) is 5.29. The van der Waals surface area contributed by atoms with Crippen LogP contribution in [0.4, 0.5) is 0 Å². The largest absolute Gasteiger partial charge is 0.377 e. The lowest BCUT2D eigenvalue weighted by Gasteiger charge is -2.32. The highest BCUT2D eigenvalue weighted by Gasteiger charge is 2.23. The molecule has 1 heterocycles. The first-order valence-corrected chi connectivity index (χ1v) is 6.65. The summed E-state index contributed by atoms with van der Waals surface area (Å²) in [7, 11) is 0. The van der Waals surface area contributed by atoms with Gasteiger partial charge in [0.05, 0.1) is 6.10 Å². The van der Waals surface area contributed by atoms with Crippen LogP contribution in [0.5, 0.6) is 0 Å². The molecule has 0 N–H and O–H groups in total. The second kappa shape index (κ2) is 6.12. The Hall–Kier alpha value is 0.270. The van der Waals surface area contributed by atoms with E-state index in [1.165, 1.54) is 12.8 Å². The van der Waals surface area contributed by atoms with E-state index in [1.807, 2.05) is 0 Å². The molecule has 1 aliphatic rings. The zero-order valence-corrected chi connectivity index (χ0v) is 11.2. The molecule has 0 radical (unpaired) electrons. The molecule has 0 aromatic carbocycles. The van der Waals surface area contributed by atoms with Gasteiger partial charge in [0.15, 0.2) is 0 Å². The summed E-state index contributed by atoms with van der Waals surface area (Å²) in [5, 5.41) is 0. The molecule has 90 valence electrons. The summed E-state index contributed by atoms with van der Waals surface area (Å²) < 4.78 is 5.67. The number of nitrogens with zero attached hydrogens (tertiary/aromatic N) is 1. The molecule has 1 unspecified atom stereocenters. The van der Waals surface area contributed by atoms with E-state index in [2.05, 4.69) is 38.3 Å². The molecule has 3 heteroatoms. The van der Waals surface area contributed by atoms with E-state index < -0.39 is 0 Å². The first-order chi connectivity index (χ1) is 7.07. The van der Waals surface area contributed by atoms with Gasteiger partial charge in [-0.05, 0) is 30.6 Å². The fourth-order valence-corrected chi connectivity index (χ4v) is 2.14. The van der Waals surface area contributed by atoms with Crippen molar-refractivity contribution in [2.24, 2.45) is 5.41 Å². The average Bonchev–Trinajstić information content (AvgIpc) is 2.69. The summed E-state index contributed by atoms with van der Waals surface area (Å²) in [6.07, 6.45) is 2.94. The highest BCUT2D eigenvalue weighted by molar-refractivity contribution is 7.80. The Kier molecular flexibility index (Phi) is 5.44. The van der Waals surface area contributed by atoms with Crippen molar-refractivity contribution in [1.29, 1.82) is 0 Å². The van der Waals surface area contributed by atoms with Gasteiger partial charge in [-0.15, -0.1) is 0 Å². The molecule has 0 aromatic heterocycles. The molecule has 1 aliphatic heterocycles. The Morgan fingerprint density at radius 3 is 2.67 bits per heavy atom. The van der Waals surface area contributed by atoms with Crippen LogP contribution in [0.25, 0.3) is 0 Å². The molecule has 0 spiro atoms. The van der Waals surface area contributed by atoms with Crippen molar-refractivity contribution in [3.8, 4) is 0 Å². The van der Waals surface area contributed by atoms with Gasteiger partial charge in [-0.3, -0.25) is 0 Å². The van der Waals surface area contributed by atoms with Crippen molar-refractivity contribution >= 4 is 12.6 Å². The van der Waals surface area contributed by atoms with Crippen molar-refractivity contribution in [3.05, 3.63) is 0 Å². The van der Waals surface area contributed by atoms with Gasteiger partial charge in [0.2, 0.25) is 0 Å². The van der Waals surface area contributed by atoms with Gasteiger partial charge in [0.25, 0.3) is 0 Å². The molecular weight excluding hydrogens is 206 g/mol. The highest BCUT2D eigenvalue weighted by Crippen LogP contribution is 2.20. The van der Waals surface area contributed by atoms with Crippen molar-refractivity contribution in [3.63, 3.8) is 0 Å². The quantitative estimate of drug-likeness (QED) is 0.705. The van der Waals surface area contributed by atoms with E-state index in [1.54, 1.807) is 0 Å². The van der Waals surface area contributed by atoms with Crippen LogP contribution < -0.4 is 0 Å². The topological polar surface area (TPSA) is 12.5 Å². The lowest BCUT2D eigenvalue weighted by atomic mass is 9.95. The van der Waals surface area contributed by atoms with Gasteiger partial charge in [-0.25, -0.2) is 0 Å². The number of hydrogen-bond acceptors (Lipinski definition) is 3. The number of thiol groups is 1. The van der Waals surface area contributed by atoms with Gasteiger partial charge >= 0.3 is 0 Å². The van der Waals surface area contributed by atoms with E-state index in [0.717, 1.165) is 32.0 Å². The van der Waals surface area contributed by atoms with Gasteiger partial charge in [-0.1, -0.05) is 20.8 Å². The molecule has 1 saturated heterocycles. The Labute approximate surface area is 99.8 Å². The van der Waals surface area contributed by atoms with Gasteiger partial charge in [-0.2, -0.15) is 12.6 Å². The summed E-state index contributed by atoms with van der Waals surface area (Å²) in [4.78, 5) is 2.49. The molecule has 0 saturated carbocycles. The zero-order chi connectivity index (χ0) is 11.3. The summed E-state index contributed by atoms with van der Waals surface area (Å²) in [6, 6.07) is 0. The molecule has 0 amide bonds. The smallest absolute Gasteiger partial charge is 0.0702 e. The van der Waals surface area contributed by atoms with E-state index in [9.17, 15) is 0 Å². The highest BCUT2D eigenvalue weighted by atomic mass is 32.1. The Bertz CT molecular complexity index is 178. The lowest BCUT2D eigenvalue weighted by Crippen LogP contribution is -2.39. The van der Waals surface area contributed by atoms with Crippen LogP contribution >= 0.6 is 12.6 Å². The van der Waals surface area contributed by atoms with Crippen LogP contribution in [0.2, 0.25) is 0 Å². The third-order valence-corrected chi connectivity index (χ3v) is 3.87. The van der Waals surface area contributed by atoms with Crippen LogP contribution in [0.1, 0.15) is 33.6 Å². The molecule has 0 aromatic rings. The summed E-state index contributed by atoms with van der Waals surface area (Å²) in [6.45, 7) is 11.1. The Morgan fingerprint density at radius 2 is 2.20 bits per heavy atom. The molecule has 0 aliphatic carbocycles. The minimum Gasteiger partial charge on any atom is -0.377 e. The fraction of sp³-hybridized carbons (Fsp3) is 1.00. The van der Waals surface area contributed by atoms with Gasteiger partial charge in [0, 0.05) is 19.7 Å². The monoisotopic (exact) mass is 231 g/mol. The fourth-order valence-electron chi connectivity index (χ4n) is 2.04. The molecule has 15 heavy (non-hydrogen) atoms. The summed E-state index contributed by atoms with van der Waals surface area (Å²) in [5.41, 5.74) is 0.303. The molecule has 1 rings (SSSR count). The Balaban J connectivity index is 2.34. The maximum atomic E-state index is 5.67. The van der Waals surface area contributed by atoms with Gasteiger partial charge in [0.1, 0.15) is 0 Å². The van der Waals surface area contributed by atoms with Crippen LogP contribution in [-0.4, -0.2) is 43.0 Å². The first-order valence-electron chi connectivity index (χ1n) is 6.02. The Morgan fingerprint density at radius 1 is 1.47 bits per heavy atom. The van der Waals surface area contributed by atoms with Crippen LogP contribution in [0.3, 0.4) is 0 Å². The normalized spacial score (nSPS) is 22.6. The third kappa shape index (κ3) is 4.75. The number of hydrogen-bond donors (Lipinski definition) is 1. The first kappa shape index (κ1) is 13.3. The lowest BCUT2D eigenvalue weighted by molar-refractivity contribution is 0.0641. The molecule has 2 nitrogen and oxygen atoms in total. The van der Waals surface area contributed by atoms with E-state index in [4.69, 9.17) is 4.74 Å². The van der Waals surface area contributed by atoms with Crippen molar-refractivity contribution < 1.29 is 4.74 Å². The predicted molar refractivity (Wildman–Crippen MR) is 68.7 cm³/mol. The van der Waals surface area contributed by atoms with Crippen LogP contribution in [-0.2, 0) is 4.74 Å². The second-order valence-corrected chi connectivity index (χ2v) is 5.60. The van der Waals surface area contributed by atoms with E-state index in [-0.39, 0.29) is 0 Å². The van der Waals surface area contributed by atoms with Crippen molar-refractivity contribution in [2.75, 3.05) is 32.0 Å². The minimum atomic E-state index is 0.303. The maximum Gasteiger partial charge on any atom is 0.0702 e. The van der Waals surface area contributed by atoms with Crippen molar-refractivity contribution in [2.45, 2.75) is 39.7 Å². The van der Waals surface area contributed by atoms with E-state index in [0.29, 0.717) is 11.5 Å². The maximum absolute atomic E-state index is 5.67. The number of rotatable bonds is 6. The van der Waals surface area contributed by atoms with Crippen LogP contribution in [0.15, 0.2) is 0 Å². The summed E-state index contributed by atoms with van der Waals surface area (Å²) >= 11 is 4.41. The summed E-state index contributed by atoms with van der Waals surface area (Å²) in [5.74, 6) is 0.940. The SMILES string of the molecule is CCN(CC1CCCO1)CC(C)(C)CS. The number of likely N-dealkylation sites (N-methyl/N-ethyl adjacent to an activating group) is 1. The molecule has 1 atom stereocenters. The molecule has 0 bridgehead atoms. The van der Waals surface area contributed by atoms with Crippen LogP contribution in [0, 0.1) is 5.41 Å². The van der Waals surface area contributed by atoms with E-state index >= 15 is 0 Å². The molecule has 1 fully saturated rings. The van der Waals surface area contributed by atoms with Gasteiger partial charge < -0.3 is 9.64 Å². The third-order valence-electron chi connectivity index (χ3n) is 3.01. The number of ether oxygens (including phenoxy) is 1. The standard InChI is InChI=1S/C12H25NOS/c1-4-13(9-12(2,3)10-15)8-11-6-5-7-14-11/h11,15H,4-10H2,1-3H3. The predicted octanol–water partition coefficient (Wildman–Crippen LogP) is 2.44. The van der Waals surface area contributed by atoms with Crippen molar-refractivity contribution in [1.82, 2.24) is 4.90 Å². The average molecular weight is 231 g/mol. The molecular formula is C12H25NOS.